The SMILES string of the molecule is CCOc1ccc(NS(=O)(=O)c2ccc(CC)cc2)cc1S(=O)(=O)N(CC)CC. The van der Waals surface area contributed by atoms with Crippen molar-refractivity contribution < 1.29 is 21.6 Å². The van der Waals surface area contributed by atoms with Gasteiger partial charge in [0, 0.05) is 13.1 Å². The molecule has 1 N–H and O–H groups in total. The lowest BCUT2D eigenvalue weighted by Gasteiger charge is -2.21. The maximum absolute atomic E-state index is 13.0. The number of hydrogen-bond donors (Lipinski definition) is 1. The highest BCUT2D eigenvalue weighted by Crippen LogP contribution is 2.31. The average Bonchev–Trinajstić information content (AvgIpc) is 2.69. The number of nitrogens with one attached hydrogen (secondary N) is 1. The second kappa shape index (κ2) is 9.60. The summed E-state index contributed by atoms with van der Waals surface area (Å²) in [5.74, 6) is 0.189. The first-order chi connectivity index (χ1) is 13.7. The first-order valence-electron chi connectivity index (χ1n) is 9.58. The summed E-state index contributed by atoms with van der Waals surface area (Å²) in [6.45, 7) is 8.11. The number of sulfonamides is 2. The summed E-state index contributed by atoms with van der Waals surface area (Å²) in [5, 5.41) is 0. The number of benzene rings is 2. The van der Waals surface area contributed by atoms with E-state index in [4.69, 9.17) is 4.74 Å². The summed E-state index contributed by atoms with van der Waals surface area (Å²) >= 11 is 0. The quantitative estimate of drug-likeness (QED) is 0.611. The Morgan fingerprint density at radius 1 is 0.897 bits per heavy atom. The molecule has 2 aromatic carbocycles. The summed E-state index contributed by atoms with van der Waals surface area (Å²) < 4.78 is 60.7. The molecule has 0 aromatic heterocycles. The molecule has 0 bridgehead atoms. The van der Waals surface area contributed by atoms with Crippen molar-refractivity contribution in [1.29, 1.82) is 0 Å². The standard InChI is InChI=1S/C20H28N2O5S2/c1-5-16-9-12-18(13-10-16)28(23,24)21-17-11-14-19(27-8-4)20(15-17)29(25,26)22(6-2)7-3/h9-15,21H,5-8H2,1-4H3. The molecule has 160 valence electrons. The highest BCUT2D eigenvalue weighted by molar-refractivity contribution is 7.92. The first kappa shape index (κ1) is 23.2. The Morgan fingerprint density at radius 2 is 1.52 bits per heavy atom. The van der Waals surface area contributed by atoms with E-state index in [1.54, 1.807) is 32.9 Å². The molecule has 0 aliphatic rings. The van der Waals surface area contributed by atoms with Crippen LogP contribution in [0.1, 0.15) is 33.3 Å². The molecule has 0 heterocycles. The Labute approximate surface area is 173 Å². The van der Waals surface area contributed by atoms with Crippen LogP contribution in [0.25, 0.3) is 0 Å². The molecule has 0 radical (unpaired) electrons. The monoisotopic (exact) mass is 440 g/mol. The summed E-state index contributed by atoms with van der Waals surface area (Å²) in [5.41, 5.74) is 1.18. The largest absolute Gasteiger partial charge is 0.492 e. The summed E-state index contributed by atoms with van der Waals surface area (Å²) in [6.07, 6.45) is 0.805. The molecule has 2 aromatic rings. The van der Waals surface area contributed by atoms with E-state index in [1.807, 2.05) is 6.92 Å². The van der Waals surface area contributed by atoms with Crippen LogP contribution in [0.5, 0.6) is 5.75 Å². The highest BCUT2D eigenvalue weighted by atomic mass is 32.2. The van der Waals surface area contributed by atoms with Gasteiger partial charge < -0.3 is 4.74 Å². The lowest BCUT2D eigenvalue weighted by Crippen LogP contribution is -2.31. The van der Waals surface area contributed by atoms with Gasteiger partial charge in [-0.2, -0.15) is 4.31 Å². The normalized spacial score (nSPS) is 12.2. The zero-order valence-electron chi connectivity index (χ0n) is 17.2. The van der Waals surface area contributed by atoms with Gasteiger partial charge >= 0.3 is 0 Å². The third-order valence-corrected chi connectivity index (χ3v) is 7.93. The van der Waals surface area contributed by atoms with Gasteiger partial charge in [-0.15, -0.1) is 0 Å². The molecule has 0 aliphatic heterocycles. The Balaban J connectivity index is 2.46. The van der Waals surface area contributed by atoms with Crippen molar-refractivity contribution in [2.75, 3.05) is 24.4 Å². The van der Waals surface area contributed by atoms with E-state index in [2.05, 4.69) is 4.72 Å². The van der Waals surface area contributed by atoms with Crippen LogP contribution in [-0.4, -0.2) is 40.8 Å². The Morgan fingerprint density at radius 3 is 2.03 bits per heavy atom. The minimum atomic E-state index is -3.86. The molecular weight excluding hydrogens is 412 g/mol. The molecule has 9 heteroatoms. The molecule has 0 fully saturated rings. The van der Waals surface area contributed by atoms with Crippen molar-refractivity contribution in [2.24, 2.45) is 0 Å². The molecule has 0 unspecified atom stereocenters. The van der Waals surface area contributed by atoms with Crippen LogP contribution in [0.2, 0.25) is 0 Å². The maximum Gasteiger partial charge on any atom is 0.261 e. The summed E-state index contributed by atoms with van der Waals surface area (Å²) in [6, 6.07) is 10.8. The van der Waals surface area contributed by atoms with Gasteiger partial charge in [0.1, 0.15) is 10.6 Å². The van der Waals surface area contributed by atoms with Crippen LogP contribution in [0, 0.1) is 0 Å². The summed E-state index contributed by atoms with van der Waals surface area (Å²) in [4.78, 5) is 0.0429. The van der Waals surface area contributed by atoms with E-state index in [1.165, 1.54) is 34.6 Å². The lowest BCUT2D eigenvalue weighted by molar-refractivity contribution is 0.329. The van der Waals surface area contributed by atoms with E-state index in [9.17, 15) is 16.8 Å². The predicted molar refractivity (Wildman–Crippen MR) is 114 cm³/mol. The molecule has 0 spiro atoms. The molecule has 0 saturated heterocycles. The van der Waals surface area contributed by atoms with Gasteiger partial charge in [-0.05, 0) is 49.2 Å². The second-order valence-corrected chi connectivity index (χ2v) is 9.88. The fourth-order valence-electron chi connectivity index (χ4n) is 2.87. The van der Waals surface area contributed by atoms with Crippen molar-refractivity contribution >= 4 is 25.7 Å². The van der Waals surface area contributed by atoms with Crippen molar-refractivity contribution in [3.8, 4) is 5.75 Å². The van der Waals surface area contributed by atoms with Crippen LogP contribution in [-0.2, 0) is 26.5 Å². The Hall–Kier alpha value is -2.10. The number of aryl methyl sites for hydroxylation is 1. The van der Waals surface area contributed by atoms with E-state index < -0.39 is 20.0 Å². The van der Waals surface area contributed by atoms with Gasteiger partial charge in [-0.25, -0.2) is 16.8 Å². The third kappa shape index (κ3) is 5.29. The number of nitrogens with zero attached hydrogens (tertiary/aromatic N) is 1. The second-order valence-electron chi connectivity index (χ2n) is 6.29. The van der Waals surface area contributed by atoms with E-state index in [0.717, 1.165) is 12.0 Å². The lowest BCUT2D eigenvalue weighted by atomic mass is 10.2. The fraction of sp³-hybridized carbons (Fsp3) is 0.400. The van der Waals surface area contributed by atoms with Gasteiger partial charge in [-0.3, -0.25) is 4.72 Å². The molecule has 7 nitrogen and oxygen atoms in total. The molecular formula is C20H28N2O5S2. The topological polar surface area (TPSA) is 92.8 Å². The third-order valence-electron chi connectivity index (χ3n) is 4.46. The van der Waals surface area contributed by atoms with Gasteiger partial charge in [0.25, 0.3) is 10.0 Å². The predicted octanol–water partition coefficient (Wildman–Crippen LogP) is 3.48. The molecule has 0 saturated carbocycles. The van der Waals surface area contributed by atoms with Crippen LogP contribution in [0.15, 0.2) is 52.3 Å². The van der Waals surface area contributed by atoms with Gasteiger partial charge in [0.2, 0.25) is 10.0 Å². The zero-order valence-corrected chi connectivity index (χ0v) is 18.8. The number of hydrogen-bond acceptors (Lipinski definition) is 5. The highest BCUT2D eigenvalue weighted by Gasteiger charge is 2.27. The van der Waals surface area contributed by atoms with Crippen molar-refractivity contribution in [2.45, 2.75) is 43.9 Å². The number of ether oxygens (including phenoxy) is 1. The minimum Gasteiger partial charge on any atom is -0.492 e. The number of rotatable bonds is 10. The maximum atomic E-state index is 13.0. The molecule has 29 heavy (non-hydrogen) atoms. The zero-order chi connectivity index (χ0) is 21.7. The van der Waals surface area contributed by atoms with Gasteiger partial charge in [-0.1, -0.05) is 32.9 Å². The van der Waals surface area contributed by atoms with Crippen LogP contribution in [0.3, 0.4) is 0 Å². The minimum absolute atomic E-state index is 0.0652. The fourth-order valence-corrected chi connectivity index (χ4v) is 5.53. The Kier molecular flexibility index (Phi) is 7.67. The van der Waals surface area contributed by atoms with Crippen LogP contribution >= 0.6 is 0 Å². The molecule has 0 atom stereocenters. The molecule has 0 amide bonds. The Bertz CT molecular complexity index is 1030. The van der Waals surface area contributed by atoms with Crippen LogP contribution < -0.4 is 9.46 Å². The van der Waals surface area contributed by atoms with Crippen molar-refractivity contribution in [3.63, 3.8) is 0 Å². The molecule has 0 aliphatic carbocycles. The van der Waals surface area contributed by atoms with Crippen molar-refractivity contribution in [3.05, 3.63) is 48.0 Å². The van der Waals surface area contributed by atoms with Crippen LogP contribution in [0.4, 0.5) is 5.69 Å². The van der Waals surface area contributed by atoms with Gasteiger partial charge in [0.05, 0.1) is 17.2 Å². The van der Waals surface area contributed by atoms with Crippen molar-refractivity contribution in [1.82, 2.24) is 4.31 Å². The van der Waals surface area contributed by atoms with E-state index in [0.29, 0.717) is 13.1 Å². The van der Waals surface area contributed by atoms with Gasteiger partial charge in [0.15, 0.2) is 0 Å². The molecule has 2 rings (SSSR count). The summed E-state index contributed by atoms with van der Waals surface area (Å²) in [7, 11) is -7.69. The van der Waals surface area contributed by atoms with E-state index in [-0.39, 0.29) is 27.8 Å². The van der Waals surface area contributed by atoms with E-state index >= 15 is 0 Å². The number of anilines is 1. The first-order valence-corrected chi connectivity index (χ1v) is 12.5. The smallest absolute Gasteiger partial charge is 0.261 e. The average molecular weight is 441 g/mol.